The highest BCUT2D eigenvalue weighted by Crippen LogP contribution is 2.37. The van der Waals surface area contributed by atoms with Gasteiger partial charge < -0.3 is 19.5 Å². The third-order valence-corrected chi connectivity index (χ3v) is 4.00. The summed E-state index contributed by atoms with van der Waals surface area (Å²) < 4.78 is 17.3. The fourth-order valence-electron chi connectivity index (χ4n) is 2.76. The van der Waals surface area contributed by atoms with E-state index in [1.807, 2.05) is 20.8 Å². The molecule has 1 aromatic rings. The molecule has 1 aliphatic heterocycles. The molecule has 10 heteroatoms. The number of ether oxygens (including phenoxy) is 3. The number of nitrogens with zero attached hydrogens (tertiary/aromatic N) is 2. The van der Waals surface area contributed by atoms with Crippen molar-refractivity contribution >= 4 is 11.9 Å². The van der Waals surface area contributed by atoms with E-state index in [9.17, 15) is 19.2 Å². The van der Waals surface area contributed by atoms with Crippen LogP contribution in [0.15, 0.2) is 21.0 Å². The molecule has 0 saturated carbocycles. The Hall–Kier alpha value is -3.04. The van der Waals surface area contributed by atoms with Gasteiger partial charge in [0.15, 0.2) is 0 Å². The molecule has 1 unspecified atom stereocenters. The lowest BCUT2D eigenvalue weighted by Crippen LogP contribution is -2.47. The maximum absolute atomic E-state index is 12.7. The Labute approximate surface area is 155 Å². The van der Waals surface area contributed by atoms with Gasteiger partial charge in [0.25, 0.3) is 5.56 Å². The van der Waals surface area contributed by atoms with E-state index >= 15 is 0 Å². The minimum atomic E-state index is -1.42. The molecule has 0 bridgehead atoms. The third-order valence-electron chi connectivity index (χ3n) is 4.00. The first-order chi connectivity index (χ1) is 12.4. The van der Waals surface area contributed by atoms with Crippen LogP contribution in [0.3, 0.4) is 0 Å². The van der Waals surface area contributed by atoms with Crippen molar-refractivity contribution in [3.8, 4) is 5.88 Å². The lowest BCUT2D eigenvalue weighted by Gasteiger charge is -2.32. The van der Waals surface area contributed by atoms with Crippen molar-refractivity contribution in [3.63, 3.8) is 0 Å². The summed E-state index contributed by atoms with van der Waals surface area (Å²) in [6.07, 6.45) is 0. The molecule has 1 N–H and O–H groups in total. The zero-order valence-electron chi connectivity index (χ0n) is 16.3. The summed E-state index contributed by atoms with van der Waals surface area (Å²) in [4.78, 5) is 50.0. The predicted octanol–water partition coefficient (Wildman–Crippen LogP) is -0.494. The molecule has 0 radical (unpaired) electrons. The Kier molecular flexibility index (Phi) is 5.21. The quantitative estimate of drug-likeness (QED) is 0.697. The standard InChI is InChI=1S/C17H23N3O7/c1-17(2,3)18-11-9(15(23)26-7)8(14(22)25-6)10-12(21)19(4)16(24)20(5)13(10)27-11/h8,18H,1-7H3. The molecule has 0 amide bonds. The molecule has 10 nitrogen and oxygen atoms in total. The largest absolute Gasteiger partial charge is 0.468 e. The second kappa shape index (κ2) is 6.93. The monoisotopic (exact) mass is 381 g/mol. The minimum absolute atomic E-state index is 0.0829. The Balaban J connectivity index is 2.93. The normalized spacial score (nSPS) is 16.3. The van der Waals surface area contributed by atoms with Crippen molar-refractivity contribution in [2.45, 2.75) is 32.2 Å². The Bertz CT molecular complexity index is 947. The average Bonchev–Trinajstić information content (AvgIpc) is 2.60. The Morgan fingerprint density at radius 2 is 1.67 bits per heavy atom. The molecule has 2 rings (SSSR count). The van der Waals surface area contributed by atoms with E-state index in [0.29, 0.717) is 0 Å². The average molecular weight is 381 g/mol. The molecular weight excluding hydrogens is 358 g/mol. The summed E-state index contributed by atoms with van der Waals surface area (Å²) in [6, 6.07) is 0. The van der Waals surface area contributed by atoms with E-state index < -0.39 is 34.6 Å². The number of hydrogen-bond acceptors (Lipinski definition) is 8. The summed E-state index contributed by atoms with van der Waals surface area (Å²) in [5.74, 6) is -3.36. The molecule has 0 spiro atoms. The van der Waals surface area contributed by atoms with Gasteiger partial charge in [-0.1, -0.05) is 0 Å². The van der Waals surface area contributed by atoms with E-state index in [1.54, 1.807) is 0 Å². The number of hydrogen-bond donors (Lipinski definition) is 1. The van der Waals surface area contributed by atoms with Gasteiger partial charge in [-0.15, -0.1) is 0 Å². The van der Waals surface area contributed by atoms with Gasteiger partial charge in [-0.05, 0) is 20.8 Å². The molecular formula is C17H23N3O7. The maximum Gasteiger partial charge on any atom is 0.340 e. The summed E-state index contributed by atoms with van der Waals surface area (Å²) >= 11 is 0. The number of esters is 2. The van der Waals surface area contributed by atoms with Crippen LogP contribution in [0, 0.1) is 0 Å². The molecule has 0 saturated heterocycles. The van der Waals surface area contributed by atoms with Crippen LogP contribution >= 0.6 is 0 Å². The first-order valence-corrected chi connectivity index (χ1v) is 8.10. The summed E-state index contributed by atoms with van der Waals surface area (Å²) in [5.41, 5.74) is -2.35. The first kappa shape index (κ1) is 20.3. The number of aromatic nitrogens is 2. The lowest BCUT2D eigenvalue weighted by molar-refractivity contribution is -0.145. The molecule has 148 valence electrons. The van der Waals surface area contributed by atoms with Crippen LogP contribution in [0.2, 0.25) is 0 Å². The van der Waals surface area contributed by atoms with Crippen molar-refractivity contribution in [2.75, 3.05) is 14.2 Å². The SMILES string of the molecule is COC(=O)C1=C(NC(C)(C)C)Oc2c(c(=O)n(C)c(=O)n2C)C1C(=O)OC. The highest BCUT2D eigenvalue weighted by molar-refractivity contribution is 6.00. The van der Waals surface area contributed by atoms with Gasteiger partial charge in [-0.2, -0.15) is 0 Å². The van der Waals surface area contributed by atoms with Gasteiger partial charge in [-0.25, -0.2) is 9.59 Å². The zero-order chi connectivity index (χ0) is 20.7. The highest BCUT2D eigenvalue weighted by atomic mass is 16.5. The fourth-order valence-corrected chi connectivity index (χ4v) is 2.76. The number of carbonyl (C=O) groups excluding carboxylic acids is 2. The van der Waals surface area contributed by atoms with Crippen LogP contribution < -0.4 is 21.3 Å². The van der Waals surface area contributed by atoms with Crippen molar-refractivity contribution in [1.82, 2.24) is 14.5 Å². The van der Waals surface area contributed by atoms with Gasteiger partial charge >= 0.3 is 17.6 Å². The van der Waals surface area contributed by atoms with Gasteiger partial charge in [0.05, 0.1) is 19.8 Å². The maximum atomic E-state index is 12.7. The highest BCUT2D eigenvalue weighted by Gasteiger charge is 2.44. The summed E-state index contributed by atoms with van der Waals surface area (Å²) in [7, 11) is 4.94. The Morgan fingerprint density at radius 3 is 2.15 bits per heavy atom. The molecule has 0 aromatic carbocycles. The first-order valence-electron chi connectivity index (χ1n) is 8.10. The van der Waals surface area contributed by atoms with E-state index in [2.05, 4.69) is 5.32 Å². The van der Waals surface area contributed by atoms with E-state index in [1.165, 1.54) is 14.1 Å². The molecule has 0 aliphatic carbocycles. The van der Waals surface area contributed by atoms with Crippen LogP contribution in [0.1, 0.15) is 32.3 Å². The van der Waals surface area contributed by atoms with Crippen molar-refractivity contribution < 1.29 is 23.8 Å². The molecule has 1 atom stereocenters. The van der Waals surface area contributed by atoms with E-state index in [-0.39, 0.29) is 22.9 Å². The second-order valence-electron chi connectivity index (χ2n) is 7.09. The van der Waals surface area contributed by atoms with E-state index in [0.717, 1.165) is 23.4 Å². The number of nitrogens with one attached hydrogen (secondary N) is 1. The topological polar surface area (TPSA) is 118 Å². The van der Waals surface area contributed by atoms with Crippen molar-refractivity contribution in [3.05, 3.63) is 37.9 Å². The number of rotatable bonds is 3. The molecule has 1 aliphatic rings. The molecule has 1 aromatic heterocycles. The van der Waals surface area contributed by atoms with Crippen LogP contribution in [-0.2, 0) is 33.2 Å². The van der Waals surface area contributed by atoms with Crippen LogP contribution in [0.4, 0.5) is 0 Å². The number of methoxy groups -OCH3 is 2. The van der Waals surface area contributed by atoms with Crippen LogP contribution in [0.25, 0.3) is 0 Å². The van der Waals surface area contributed by atoms with Gasteiger partial charge in [0.1, 0.15) is 11.5 Å². The van der Waals surface area contributed by atoms with Gasteiger partial charge in [0, 0.05) is 19.6 Å². The molecule has 0 fully saturated rings. The molecule has 2 heterocycles. The number of carbonyl (C=O) groups is 2. The summed E-state index contributed by atoms with van der Waals surface area (Å²) in [6.45, 7) is 5.43. The molecule has 27 heavy (non-hydrogen) atoms. The minimum Gasteiger partial charge on any atom is -0.468 e. The van der Waals surface area contributed by atoms with Crippen LogP contribution in [0.5, 0.6) is 5.88 Å². The zero-order valence-corrected chi connectivity index (χ0v) is 16.3. The lowest BCUT2D eigenvalue weighted by atomic mass is 9.90. The second-order valence-corrected chi connectivity index (χ2v) is 7.09. The number of fused-ring (bicyclic) bond motifs is 1. The Morgan fingerprint density at radius 1 is 1.07 bits per heavy atom. The summed E-state index contributed by atoms with van der Waals surface area (Å²) in [5, 5.41) is 2.98. The predicted molar refractivity (Wildman–Crippen MR) is 94.2 cm³/mol. The fraction of sp³-hybridized carbons (Fsp3) is 0.529. The van der Waals surface area contributed by atoms with E-state index in [4.69, 9.17) is 14.2 Å². The third kappa shape index (κ3) is 3.46. The van der Waals surface area contributed by atoms with Crippen molar-refractivity contribution in [1.29, 1.82) is 0 Å². The van der Waals surface area contributed by atoms with Gasteiger partial charge in [0.2, 0.25) is 11.8 Å². The van der Waals surface area contributed by atoms with Crippen LogP contribution in [-0.4, -0.2) is 40.8 Å². The van der Waals surface area contributed by atoms with Gasteiger partial charge in [-0.3, -0.25) is 18.7 Å². The van der Waals surface area contributed by atoms with Crippen molar-refractivity contribution in [2.24, 2.45) is 14.1 Å². The smallest absolute Gasteiger partial charge is 0.340 e.